The molecule has 10 heteroatoms. The summed E-state index contributed by atoms with van der Waals surface area (Å²) >= 11 is 0. The first-order valence-electron chi connectivity index (χ1n) is 16.0. The van der Waals surface area contributed by atoms with E-state index < -0.39 is 12.1 Å². The van der Waals surface area contributed by atoms with Crippen molar-refractivity contribution in [1.82, 2.24) is 10.2 Å². The van der Waals surface area contributed by atoms with Gasteiger partial charge in [0.1, 0.15) is 0 Å². The maximum Gasteiger partial charge on any atom is 0.224 e. The lowest BCUT2D eigenvalue weighted by Crippen LogP contribution is -2.50. The van der Waals surface area contributed by atoms with Crippen LogP contribution in [-0.2, 0) is 35.1 Å². The van der Waals surface area contributed by atoms with Gasteiger partial charge in [-0.1, -0.05) is 49.7 Å². The molecular weight excluding hydrogens is 562 g/mol. The zero-order chi connectivity index (χ0) is 30.9. The number of nitrogens with zero attached hydrogens (tertiary/aromatic N) is 1. The molecule has 4 atom stereocenters. The molecule has 0 bridgehead atoms. The van der Waals surface area contributed by atoms with Crippen molar-refractivity contribution < 1.29 is 33.6 Å². The summed E-state index contributed by atoms with van der Waals surface area (Å²) in [7, 11) is 0. The first kappa shape index (κ1) is 32.5. The molecule has 3 heterocycles. The van der Waals surface area contributed by atoms with Gasteiger partial charge in [0, 0.05) is 69.5 Å². The van der Waals surface area contributed by atoms with E-state index in [9.17, 15) is 14.7 Å². The third-order valence-corrected chi connectivity index (χ3v) is 8.89. The predicted octanol–water partition coefficient (Wildman–Crippen LogP) is 4.44. The Balaban J connectivity index is 1.24. The van der Waals surface area contributed by atoms with Gasteiger partial charge in [0.2, 0.25) is 11.8 Å². The Labute approximate surface area is 260 Å². The number of aliphatic hydroxyl groups is 1. The second-order valence-electron chi connectivity index (χ2n) is 12.2. The van der Waals surface area contributed by atoms with E-state index in [-0.39, 0.29) is 36.5 Å². The van der Waals surface area contributed by atoms with Gasteiger partial charge in [0.25, 0.3) is 0 Å². The fourth-order valence-corrected chi connectivity index (χ4v) is 6.28. The molecule has 44 heavy (non-hydrogen) atoms. The van der Waals surface area contributed by atoms with E-state index in [1.807, 2.05) is 48.5 Å². The number of amides is 2. The zero-order valence-electron chi connectivity index (χ0n) is 26.0. The molecule has 3 aliphatic heterocycles. The number of likely N-dealkylation sites (tertiary alicyclic amines) is 1. The average molecular weight is 610 g/mol. The molecule has 240 valence electrons. The number of hydrogen-bond acceptors (Lipinski definition) is 8. The molecule has 0 unspecified atom stereocenters. The molecule has 10 nitrogen and oxygen atoms in total. The van der Waals surface area contributed by atoms with Gasteiger partial charge in [-0.2, -0.15) is 0 Å². The molecule has 2 aromatic carbocycles. The van der Waals surface area contributed by atoms with Crippen molar-refractivity contribution >= 4 is 17.5 Å². The second-order valence-corrected chi connectivity index (χ2v) is 12.2. The maximum absolute atomic E-state index is 12.7. The Morgan fingerprint density at radius 3 is 2.43 bits per heavy atom. The van der Waals surface area contributed by atoms with Crippen molar-refractivity contribution in [1.29, 1.82) is 0 Å². The topological polar surface area (TPSA) is 119 Å². The molecule has 0 radical (unpaired) electrons. The van der Waals surface area contributed by atoms with Crippen molar-refractivity contribution in [2.75, 3.05) is 44.7 Å². The number of piperidine rings is 1. The first-order valence-corrected chi connectivity index (χ1v) is 16.0. The molecular formula is C34H47N3O7. The number of rotatable bonds is 12. The summed E-state index contributed by atoms with van der Waals surface area (Å²) in [6.45, 7) is 8.16. The minimum absolute atomic E-state index is 0.00478. The number of nitrogens with one attached hydrogen (secondary N) is 2. The SMILES string of the molecule is CC(=O)NCCCCCC(=O)Nc1cccc([C@H]2O[C@@H](CN3CCC4(CC3)OCCO4)[C@@H](C)[C@@H](c3ccc(CO)cc3)O2)c1. The van der Waals surface area contributed by atoms with Gasteiger partial charge in [-0.15, -0.1) is 0 Å². The smallest absolute Gasteiger partial charge is 0.224 e. The third-order valence-electron chi connectivity index (χ3n) is 8.89. The summed E-state index contributed by atoms with van der Waals surface area (Å²) < 4.78 is 25.2. The highest BCUT2D eigenvalue weighted by molar-refractivity contribution is 5.90. The summed E-state index contributed by atoms with van der Waals surface area (Å²) in [5.41, 5.74) is 3.45. The van der Waals surface area contributed by atoms with E-state index >= 15 is 0 Å². The van der Waals surface area contributed by atoms with Gasteiger partial charge in [0.05, 0.1) is 32.0 Å². The number of anilines is 1. The minimum Gasteiger partial charge on any atom is -0.392 e. The number of carbonyl (C=O) groups excluding carboxylic acids is 2. The third kappa shape index (κ3) is 8.65. The molecule has 5 rings (SSSR count). The molecule has 3 fully saturated rings. The van der Waals surface area contributed by atoms with E-state index in [2.05, 4.69) is 22.5 Å². The maximum atomic E-state index is 12.7. The van der Waals surface area contributed by atoms with Crippen molar-refractivity contribution in [3.05, 3.63) is 65.2 Å². The lowest BCUT2D eigenvalue weighted by atomic mass is 9.89. The molecule has 3 N–H and O–H groups in total. The van der Waals surface area contributed by atoms with Gasteiger partial charge >= 0.3 is 0 Å². The van der Waals surface area contributed by atoms with Gasteiger partial charge in [0.15, 0.2) is 12.1 Å². The molecule has 0 aromatic heterocycles. The Bertz CT molecular complexity index is 1220. The molecule has 2 amide bonds. The monoisotopic (exact) mass is 609 g/mol. The lowest BCUT2D eigenvalue weighted by Gasteiger charge is -2.44. The standard InChI is InChI=1S/C34H47N3O7/c1-24-30(22-37-17-14-34(15-18-37)41-19-20-42-34)43-33(44-32(24)27-12-10-26(23-38)11-13-27)28-7-6-8-29(21-28)36-31(40)9-4-3-5-16-35-25(2)39/h6-8,10-13,21,24,30,32-33,38H,3-5,9,14-20,22-23H2,1-2H3,(H,35,39)(H,36,40)/t24-,30+,32+,33+/m1/s1. The Morgan fingerprint density at radius 2 is 1.73 bits per heavy atom. The van der Waals surface area contributed by atoms with Crippen LogP contribution in [-0.4, -0.2) is 73.1 Å². The zero-order valence-corrected chi connectivity index (χ0v) is 26.0. The van der Waals surface area contributed by atoms with E-state index in [0.717, 1.165) is 68.4 Å². The number of unbranched alkanes of at least 4 members (excludes halogenated alkanes) is 2. The number of hydrogen-bond donors (Lipinski definition) is 3. The number of aliphatic hydroxyl groups excluding tert-OH is 1. The highest BCUT2D eigenvalue weighted by Crippen LogP contribution is 2.42. The number of benzene rings is 2. The molecule has 2 aromatic rings. The molecule has 1 spiro atoms. The average Bonchev–Trinajstić information content (AvgIpc) is 3.49. The summed E-state index contributed by atoms with van der Waals surface area (Å²) in [5.74, 6) is -0.419. The van der Waals surface area contributed by atoms with Crippen molar-refractivity contribution in [3.63, 3.8) is 0 Å². The van der Waals surface area contributed by atoms with Crippen LogP contribution in [0.3, 0.4) is 0 Å². The first-order chi connectivity index (χ1) is 21.3. The van der Waals surface area contributed by atoms with Crippen molar-refractivity contribution in [2.24, 2.45) is 5.92 Å². The largest absolute Gasteiger partial charge is 0.392 e. The van der Waals surface area contributed by atoms with Crippen LogP contribution in [0.5, 0.6) is 0 Å². The Hall–Kier alpha value is -2.86. The Morgan fingerprint density at radius 1 is 0.977 bits per heavy atom. The van der Waals surface area contributed by atoms with E-state index in [4.69, 9.17) is 18.9 Å². The van der Waals surface area contributed by atoms with Crippen LogP contribution >= 0.6 is 0 Å². The van der Waals surface area contributed by atoms with Crippen molar-refractivity contribution in [3.8, 4) is 0 Å². The van der Waals surface area contributed by atoms with Crippen LogP contribution < -0.4 is 10.6 Å². The van der Waals surface area contributed by atoms with Crippen LogP contribution in [0.15, 0.2) is 48.5 Å². The van der Waals surface area contributed by atoms with Gasteiger partial charge < -0.3 is 39.6 Å². The van der Waals surface area contributed by atoms with Gasteiger partial charge in [-0.3, -0.25) is 9.59 Å². The van der Waals surface area contributed by atoms with E-state index in [1.165, 1.54) is 6.92 Å². The van der Waals surface area contributed by atoms with Crippen LogP contribution in [0.2, 0.25) is 0 Å². The summed E-state index contributed by atoms with van der Waals surface area (Å²) in [4.78, 5) is 26.1. The molecule has 0 aliphatic carbocycles. The summed E-state index contributed by atoms with van der Waals surface area (Å²) in [6, 6.07) is 15.6. The fourth-order valence-electron chi connectivity index (χ4n) is 6.28. The van der Waals surface area contributed by atoms with Crippen LogP contribution in [0.4, 0.5) is 5.69 Å². The predicted molar refractivity (Wildman–Crippen MR) is 166 cm³/mol. The highest BCUT2D eigenvalue weighted by atomic mass is 16.7. The van der Waals surface area contributed by atoms with Crippen molar-refractivity contribution in [2.45, 2.75) is 83.3 Å². The summed E-state index contributed by atoms with van der Waals surface area (Å²) in [6.07, 6.45) is 3.67. The second kappa shape index (κ2) is 15.4. The Kier molecular flexibility index (Phi) is 11.4. The quantitative estimate of drug-likeness (QED) is 0.302. The van der Waals surface area contributed by atoms with E-state index in [0.29, 0.717) is 31.9 Å². The minimum atomic E-state index is -0.609. The van der Waals surface area contributed by atoms with Crippen LogP contribution in [0.25, 0.3) is 0 Å². The number of ether oxygens (including phenoxy) is 4. The molecule has 3 saturated heterocycles. The molecule has 0 saturated carbocycles. The fraction of sp³-hybridized carbons (Fsp3) is 0.588. The molecule has 3 aliphatic rings. The van der Waals surface area contributed by atoms with Gasteiger partial charge in [-0.25, -0.2) is 0 Å². The van der Waals surface area contributed by atoms with Crippen LogP contribution in [0.1, 0.15) is 81.5 Å². The highest BCUT2D eigenvalue weighted by Gasteiger charge is 2.43. The van der Waals surface area contributed by atoms with Gasteiger partial charge in [-0.05, 0) is 36.1 Å². The number of carbonyl (C=O) groups is 2. The van der Waals surface area contributed by atoms with Crippen LogP contribution in [0, 0.1) is 5.92 Å². The normalized spacial score (nSPS) is 25.2. The van der Waals surface area contributed by atoms with E-state index in [1.54, 1.807) is 0 Å². The lowest BCUT2D eigenvalue weighted by molar-refractivity contribution is -0.278. The summed E-state index contributed by atoms with van der Waals surface area (Å²) in [5, 5.41) is 15.4.